The van der Waals surface area contributed by atoms with Crippen LogP contribution in [0.3, 0.4) is 0 Å². The van der Waals surface area contributed by atoms with E-state index < -0.39 is 22.8 Å². The van der Waals surface area contributed by atoms with Gasteiger partial charge in [0, 0.05) is 0 Å². The number of aliphatic carboxylic acids is 2. The standard InChI is InChI=1S/C34H64O4/c1-3-5-7-9-11-16-20-24-28-34(32(37)38,29-25-21-17-12-10-8-6-4-2)33(30-31(35)36)26-22-18-14-13-15-19-23-27-33/h3-30H2,1-2H3,(H,35,36)(H,37,38). The van der Waals surface area contributed by atoms with E-state index in [0.29, 0.717) is 12.8 Å². The van der Waals surface area contributed by atoms with E-state index in [-0.39, 0.29) is 6.42 Å². The molecule has 224 valence electrons. The highest BCUT2D eigenvalue weighted by atomic mass is 16.4. The van der Waals surface area contributed by atoms with Gasteiger partial charge in [-0.3, -0.25) is 9.59 Å². The summed E-state index contributed by atoms with van der Waals surface area (Å²) in [5, 5.41) is 21.0. The van der Waals surface area contributed by atoms with Crippen LogP contribution in [0.15, 0.2) is 0 Å². The fourth-order valence-corrected chi connectivity index (χ4v) is 7.27. The lowest BCUT2D eigenvalue weighted by Gasteiger charge is -2.49. The summed E-state index contributed by atoms with van der Waals surface area (Å²) in [5.74, 6) is -1.51. The first-order valence-electron chi connectivity index (χ1n) is 16.9. The molecule has 0 aromatic carbocycles. The maximum absolute atomic E-state index is 13.3. The topological polar surface area (TPSA) is 74.6 Å². The Balaban J connectivity index is 3.03. The van der Waals surface area contributed by atoms with Gasteiger partial charge >= 0.3 is 11.9 Å². The van der Waals surface area contributed by atoms with Crippen molar-refractivity contribution in [2.75, 3.05) is 0 Å². The highest BCUT2D eigenvalue weighted by Gasteiger charge is 2.55. The van der Waals surface area contributed by atoms with Crippen LogP contribution in [0.1, 0.15) is 194 Å². The zero-order valence-electron chi connectivity index (χ0n) is 25.5. The van der Waals surface area contributed by atoms with Gasteiger partial charge in [0.05, 0.1) is 11.8 Å². The van der Waals surface area contributed by atoms with E-state index in [1.165, 1.54) is 96.3 Å². The van der Waals surface area contributed by atoms with Crippen LogP contribution in [0.5, 0.6) is 0 Å². The number of carboxylic acids is 2. The lowest BCUT2D eigenvalue weighted by atomic mass is 9.53. The average molecular weight is 537 g/mol. The first-order valence-corrected chi connectivity index (χ1v) is 16.9. The molecule has 4 nitrogen and oxygen atoms in total. The van der Waals surface area contributed by atoms with Gasteiger partial charge in [0.15, 0.2) is 0 Å². The van der Waals surface area contributed by atoms with Crippen molar-refractivity contribution in [3.8, 4) is 0 Å². The van der Waals surface area contributed by atoms with Crippen LogP contribution in [-0.4, -0.2) is 22.2 Å². The number of hydrogen-bond donors (Lipinski definition) is 2. The summed E-state index contributed by atoms with van der Waals surface area (Å²) in [7, 11) is 0. The summed E-state index contributed by atoms with van der Waals surface area (Å²) in [4.78, 5) is 25.6. The predicted octanol–water partition coefficient (Wildman–Crippen LogP) is 11.1. The van der Waals surface area contributed by atoms with Crippen molar-refractivity contribution in [3.63, 3.8) is 0 Å². The van der Waals surface area contributed by atoms with Crippen LogP contribution in [0.25, 0.3) is 0 Å². The van der Waals surface area contributed by atoms with E-state index in [0.717, 1.165) is 64.2 Å². The Morgan fingerprint density at radius 2 is 0.895 bits per heavy atom. The van der Waals surface area contributed by atoms with Crippen molar-refractivity contribution in [3.05, 3.63) is 0 Å². The molecule has 0 bridgehead atoms. The SMILES string of the molecule is CCCCCCCCCCC(CCCCCCCCCC)(C(=O)O)C1(CC(=O)O)CCCCCCCCC1. The number of rotatable bonds is 22. The van der Waals surface area contributed by atoms with Crippen LogP contribution in [-0.2, 0) is 9.59 Å². The van der Waals surface area contributed by atoms with Crippen molar-refractivity contribution in [1.29, 1.82) is 0 Å². The van der Waals surface area contributed by atoms with Crippen LogP contribution < -0.4 is 0 Å². The van der Waals surface area contributed by atoms with E-state index in [9.17, 15) is 19.8 Å². The minimum absolute atomic E-state index is 0.0212. The summed E-state index contributed by atoms with van der Waals surface area (Å²) in [6.07, 6.45) is 29.7. The average Bonchev–Trinajstić information content (AvgIpc) is 2.89. The Morgan fingerprint density at radius 3 is 1.24 bits per heavy atom. The molecule has 0 heterocycles. The highest BCUT2D eigenvalue weighted by molar-refractivity contribution is 5.78. The Bertz CT molecular complexity index is 569. The minimum Gasteiger partial charge on any atom is -0.481 e. The van der Waals surface area contributed by atoms with E-state index in [4.69, 9.17) is 0 Å². The molecular formula is C34H64O4. The summed E-state index contributed by atoms with van der Waals surface area (Å²) >= 11 is 0. The van der Waals surface area contributed by atoms with Crippen molar-refractivity contribution in [1.82, 2.24) is 0 Å². The first kappa shape index (κ1) is 35.0. The summed E-state index contributed by atoms with van der Waals surface area (Å²) in [5.41, 5.74) is -1.53. The second-order valence-corrected chi connectivity index (χ2v) is 12.7. The lowest BCUT2D eigenvalue weighted by Crippen LogP contribution is -2.49. The molecule has 0 aromatic rings. The monoisotopic (exact) mass is 536 g/mol. The molecule has 0 radical (unpaired) electrons. The smallest absolute Gasteiger partial charge is 0.310 e. The van der Waals surface area contributed by atoms with E-state index in [1.807, 2.05) is 0 Å². The maximum Gasteiger partial charge on any atom is 0.310 e. The molecule has 0 amide bonds. The van der Waals surface area contributed by atoms with Crippen molar-refractivity contribution in [2.24, 2.45) is 10.8 Å². The predicted molar refractivity (Wildman–Crippen MR) is 161 cm³/mol. The second-order valence-electron chi connectivity index (χ2n) is 12.7. The zero-order valence-corrected chi connectivity index (χ0v) is 25.5. The van der Waals surface area contributed by atoms with E-state index >= 15 is 0 Å². The summed E-state index contributed by atoms with van der Waals surface area (Å²) in [6.45, 7) is 4.48. The van der Waals surface area contributed by atoms with Crippen LogP contribution in [0.2, 0.25) is 0 Å². The fourth-order valence-electron chi connectivity index (χ4n) is 7.27. The van der Waals surface area contributed by atoms with Crippen LogP contribution in [0.4, 0.5) is 0 Å². The van der Waals surface area contributed by atoms with Crippen molar-refractivity contribution in [2.45, 2.75) is 194 Å². The zero-order chi connectivity index (χ0) is 28.0. The minimum atomic E-state index is -0.908. The molecule has 1 saturated carbocycles. The van der Waals surface area contributed by atoms with Gasteiger partial charge in [0.2, 0.25) is 0 Å². The molecule has 0 aliphatic heterocycles. The summed E-state index contributed by atoms with van der Waals surface area (Å²) < 4.78 is 0. The lowest BCUT2D eigenvalue weighted by molar-refractivity contribution is -0.167. The third-order valence-corrected chi connectivity index (χ3v) is 9.64. The van der Waals surface area contributed by atoms with Gasteiger partial charge < -0.3 is 10.2 Å². The number of carboxylic acid groups (broad SMARTS) is 2. The molecule has 1 aliphatic carbocycles. The Hall–Kier alpha value is -1.06. The van der Waals surface area contributed by atoms with Crippen LogP contribution in [0, 0.1) is 10.8 Å². The number of hydrogen-bond acceptors (Lipinski definition) is 2. The Morgan fingerprint density at radius 1 is 0.553 bits per heavy atom. The van der Waals surface area contributed by atoms with Crippen molar-refractivity contribution >= 4 is 11.9 Å². The number of carbonyl (C=O) groups is 2. The highest BCUT2D eigenvalue weighted by Crippen LogP contribution is 2.56. The molecule has 4 heteroatoms. The normalized spacial score (nSPS) is 16.8. The molecule has 1 rings (SSSR count). The molecule has 1 fully saturated rings. The number of unbranched alkanes of at least 4 members (excludes halogenated alkanes) is 14. The van der Waals surface area contributed by atoms with Gasteiger partial charge in [-0.25, -0.2) is 0 Å². The molecule has 1 aliphatic rings. The molecule has 2 N–H and O–H groups in total. The van der Waals surface area contributed by atoms with Gasteiger partial charge in [-0.05, 0) is 31.1 Å². The van der Waals surface area contributed by atoms with Gasteiger partial charge in [0.25, 0.3) is 0 Å². The molecule has 0 spiro atoms. The van der Waals surface area contributed by atoms with Gasteiger partial charge in [-0.15, -0.1) is 0 Å². The molecule has 0 aromatic heterocycles. The second kappa shape index (κ2) is 21.7. The molecule has 0 atom stereocenters. The molecule has 38 heavy (non-hydrogen) atoms. The Labute approximate surface area is 236 Å². The van der Waals surface area contributed by atoms with Gasteiger partial charge in [-0.2, -0.15) is 0 Å². The van der Waals surface area contributed by atoms with E-state index in [1.54, 1.807) is 0 Å². The van der Waals surface area contributed by atoms with Gasteiger partial charge in [0.1, 0.15) is 0 Å². The van der Waals surface area contributed by atoms with Gasteiger partial charge in [-0.1, -0.05) is 162 Å². The first-order chi connectivity index (χ1) is 18.4. The van der Waals surface area contributed by atoms with Crippen molar-refractivity contribution < 1.29 is 19.8 Å². The quantitative estimate of drug-likeness (QED) is 0.135. The maximum atomic E-state index is 13.3. The largest absolute Gasteiger partial charge is 0.481 e. The third kappa shape index (κ3) is 13.3. The molecule has 0 saturated heterocycles. The third-order valence-electron chi connectivity index (χ3n) is 9.64. The molecular weight excluding hydrogens is 472 g/mol. The van der Waals surface area contributed by atoms with E-state index in [2.05, 4.69) is 13.8 Å². The summed E-state index contributed by atoms with van der Waals surface area (Å²) in [6, 6.07) is 0. The molecule has 0 unspecified atom stereocenters. The fraction of sp³-hybridized carbons (Fsp3) is 0.941. The van der Waals surface area contributed by atoms with Crippen LogP contribution >= 0.6 is 0 Å². The Kier molecular flexibility index (Phi) is 20.0.